The number of halogens is 1. The average Bonchev–Trinajstić information content (AvgIpc) is 2.88. The van der Waals surface area contributed by atoms with Gasteiger partial charge in [0, 0.05) is 31.1 Å². The van der Waals surface area contributed by atoms with Crippen molar-refractivity contribution in [3.05, 3.63) is 92.1 Å². The fraction of sp³-hybridized carbons (Fsp3) is 0.472. The zero-order valence-corrected chi connectivity index (χ0v) is 26.4. The predicted molar refractivity (Wildman–Crippen MR) is 169 cm³/mol. The lowest BCUT2D eigenvalue weighted by Gasteiger charge is -2.31. The summed E-state index contributed by atoms with van der Waals surface area (Å²) in [7, 11) is 0. The number of nitrogens with zero attached hydrogens (tertiary/aromatic N) is 2. The third-order valence-electron chi connectivity index (χ3n) is 8.80. The highest BCUT2D eigenvalue weighted by Gasteiger charge is 2.30. The Morgan fingerprint density at radius 1 is 0.953 bits per heavy atom. The van der Waals surface area contributed by atoms with Crippen LogP contribution in [-0.2, 0) is 16.0 Å². The fourth-order valence-electron chi connectivity index (χ4n) is 6.31. The van der Waals surface area contributed by atoms with Crippen LogP contribution < -0.4 is 5.56 Å². The standard InChI is InChI=1S/C36H45FN2O4/c1-22(2)15-31(39-21-27(25(5)17-33(39)41)11-14-38-12-8-13-38)32(40)19-28(20-34(42)43)30-18-29(16-26(6)36(30)37)35-23(3)9-7-10-24(35)4/h7,9-10,16-18,21-22,28,31H,8,11-15,19-20H2,1-6H3,(H,42,43)/t28-,31?/m0/s1. The summed E-state index contributed by atoms with van der Waals surface area (Å²) in [5.74, 6) is -2.62. The first-order valence-corrected chi connectivity index (χ1v) is 15.4. The Kier molecular flexibility index (Phi) is 10.4. The zero-order valence-electron chi connectivity index (χ0n) is 26.4. The number of aromatic nitrogens is 1. The van der Waals surface area contributed by atoms with Crippen molar-refractivity contribution in [3.8, 4) is 11.1 Å². The monoisotopic (exact) mass is 588 g/mol. The summed E-state index contributed by atoms with van der Waals surface area (Å²) in [6, 6.07) is 10.3. The number of carbonyl (C=O) groups is 2. The van der Waals surface area contributed by atoms with Gasteiger partial charge < -0.3 is 14.6 Å². The topological polar surface area (TPSA) is 79.6 Å². The molecule has 0 aliphatic carbocycles. The molecule has 1 fully saturated rings. The molecule has 4 rings (SSSR count). The number of pyridine rings is 1. The lowest BCUT2D eigenvalue weighted by Crippen LogP contribution is -2.38. The Hall–Kier alpha value is -3.58. The van der Waals surface area contributed by atoms with Crippen molar-refractivity contribution in [2.45, 2.75) is 85.6 Å². The van der Waals surface area contributed by atoms with Crippen LogP contribution in [0, 0.1) is 39.4 Å². The molecule has 1 aliphatic rings. The maximum absolute atomic E-state index is 15.8. The second-order valence-electron chi connectivity index (χ2n) is 12.7. The van der Waals surface area contributed by atoms with E-state index in [2.05, 4.69) is 4.90 Å². The van der Waals surface area contributed by atoms with Gasteiger partial charge in [-0.05, 0) is 123 Å². The molecular weight excluding hydrogens is 543 g/mol. The van der Waals surface area contributed by atoms with Crippen LogP contribution in [0.25, 0.3) is 11.1 Å². The summed E-state index contributed by atoms with van der Waals surface area (Å²) in [5.41, 5.74) is 6.14. The molecule has 43 heavy (non-hydrogen) atoms. The first-order chi connectivity index (χ1) is 20.3. The Morgan fingerprint density at radius 2 is 1.63 bits per heavy atom. The van der Waals surface area contributed by atoms with Gasteiger partial charge in [0.15, 0.2) is 5.78 Å². The zero-order chi connectivity index (χ0) is 31.4. The van der Waals surface area contributed by atoms with Crippen molar-refractivity contribution < 1.29 is 19.1 Å². The Balaban J connectivity index is 1.72. The number of hydrogen-bond donors (Lipinski definition) is 1. The minimum Gasteiger partial charge on any atom is -0.481 e. The van der Waals surface area contributed by atoms with Crippen LogP contribution in [0.4, 0.5) is 4.39 Å². The summed E-state index contributed by atoms with van der Waals surface area (Å²) in [6.45, 7) is 14.6. The van der Waals surface area contributed by atoms with Crippen molar-refractivity contribution in [3.63, 3.8) is 0 Å². The first kappa shape index (κ1) is 32.3. The number of benzene rings is 2. The quantitative estimate of drug-likeness (QED) is 0.234. The predicted octanol–water partition coefficient (Wildman–Crippen LogP) is 6.94. The molecule has 1 N–H and O–H groups in total. The molecular formula is C36H45FN2O4. The van der Waals surface area contributed by atoms with Crippen molar-refractivity contribution in [2.24, 2.45) is 5.92 Å². The summed E-state index contributed by atoms with van der Waals surface area (Å²) in [4.78, 5) is 41.8. The maximum atomic E-state index is 15.8. The number of aryl methyl sites for hydroxylation is 4. The highest BCUT2D eigenvalue weighted by molar-refractivity contribution is 5.84. The van der Waals surface area contributed by atoms with Gasteiger partial charge in [0.2, 0.25) is 0 Å². The highest BCUT2D eigenvalue weighted by Crippen LogP contribution is 2.36. The van der Waals surface area contributed by atoms with E-state index >= 15 is 4.39 Å². The molecule has 0 amide bonds. The van der Waals surface area contributed by atoms with Crippen LogP contribution in [0.3, 0.4) is 0 Å². The third kappa shape index (κ3) is 7.69. The van der Waals surface area contributed by atoms with Crippen LogP contribution in [0.1, 0.15) is 84.9 Å². The van der Waals surface area contributed by atoms with Crippen LogP contribution in [-0.4, -0.2) is 46.0 Å². The number of aliphatic carboxylic acids is 1. The molecule has 1 saturated heterocycles. The largest absolute Gasteiger partial charge is 0.481 e. The lowest BCUT2D eigenvalue weighted by molar-refractivity contribution is -0.137. The second-order valence-corrected chi connectivity index (χ2v) is 12.7. The van der Waals surface area contributed by atoms with Crippen LogP contribution in [0.15, 0.2) is 47.4 Å². The van der Waals surface area contributed by atoms with Crippen LogP contribution in [0.5, 0.6) is 0 Å². The Bertz CT molecular complexity index is 1530. The van der Waals surface area contributed by atoms with Gasteiger partial charge in [-0.15, -0.1) is 0 Å². The molecule has 0 saturated carbocycles. The van der Waals surface area contributed by atoms with E-state index in [0.29, 0.717) is 12.0 Å². The van der Waals surface area contributed by atoms with E-state index in [-0.39, 0.29) is 29.2 Å². The van der Waals surface area contributed by atoms with Gasteiger partial charge in [0.1, 0.15) is 5.82 Å². The average molecular weight is 589 g/mol. The molecule has 2 heterocycles. The molecule has 6 nitrogen and oxygen atoms in total. The van der Waals surface area contributed by atoms with Gasteiger partial charge in [0.25, 0.3) is 5.56 Å². The van der Waals surface area contributed by atoms with Crippen molar-refractivity contribution in [1.29, 1.82) is 0 Å². The van der Waals surface area contributed by atoms with Gasteiger partial charge in [0.05, 0.1) is 12.5 Å². The number of carbonyl (C=O) groups excluding carboxylic acids is 1. The molecule has 2 atom stereocenters. The number of Topliss-reactive ketones (excluding diaryl/α,β-unsaturated/α-hetero) is 1. The van der Waals surface area contributed by atoms with Crippen molar-refractivity contribution in [2.75, 3.05) is 19.6 Å². The van der Waals surface area contributed by atoms with E-state index < -0.39 is 30.2 Å². The number of carboxylic acids is 1. The van der Waals surface area contributed by atoms with E-state index in [1.165, 1.54) is 11.0 Å². The lowest BCUT2D eigenvalue weighted by atomic mass is 9.84. The number of ketones is 1. The molecule has 1 aliphatic heterocycles. The van der Waals surface area contributed by atoms with E-state index in [4.69, 9.17) is 0 Å². The maximum Gasteiger partial charge on any atom is 0.303 e. The number of carboxylic acid groups (broad SMARTS) is 1. The third-order valence-corrected chi connectivity index (χ3v) is 8.80. The molecule has 3 aromatic rings. The molecule has 0 bridgehead atoms. The summed E-state index contributed by atoms with van der Waals surface area (Å²) >= 11 is 0. The first-order valence-electron chi connectivity index (χ1n) is 15.4. The van der Waals surface area contributed by atoms with Crippen molar-refractivity contribution >= 4 is 11.8 Å². The van der Waals surface area contributed by atoms with Crippen LogP contribution >= 0.6 is 0 Å². The minimum absolute atomic E-state index is 0.107. The van der Waals surface area contributed by atoms with Crippen LogP contribution in [0.2, 0.25) is 0 Å². The van der Waals surface area contributed by atoms with E-state index in [0.717, 1.165) is 59.4 Å². The Labute approximate surface area is 254 Å². The van der Waals surface area contributed by atoms with Gasteiger partial charge in [-0.25, -0.2) is 4.39 Å². The molecule has 1 unspecified atom stereocenters. The normalized spacial score (nSPS) is 14.9. The molecule has 0 radical (unpaired) electrons. The second kappa shape index (κ2) is 13.8. The number of likely N-dealkylation sites (tertiary alicyclic amines) is 1. The van der Waals surface area contributed by atoms with E-state index in [1.54, 1.807) is 25.1 Å². The van der Waals surface area contributed by atoms with Crippen molar-refractivity contribution in [1.82, 2.24) is 9.47 Å². The number of hydrogen-bond acceptors (Lipinski definition) is 4. The SMILES string of the molecule is Cc1cc(=O)n(C(CC(C)C)C(=O)C[C@@H](CC(=O)O)c2cc(-c3c(C)cccc3C)cc(C)c2F)cc1CCN1CCC1. The van der Waals surface area contributed by atoms with Gasteiger partial charge >= 0.3 is 5.97 Å². The molecule has 7 heteroatoms. The minimum atomic E-state index is -1.10. The molecule has 2 aromatic carbocycles. The van der Waals surface area contributed by atoms with E-state index in [9.17, 15) is 19.5 Å². The smallest absolute Gasteiger partial charge is 0.303 e. The summed E-state index contributed by atoms with van der Waals surface area (Å²) in [6.07, 6.45) is 3.66. The van der Waals surface area contributed by atoms with Gasteiger partial charge in [-0.1, -0.05) is 32.0 Å². The number of rotatable bonds is 13. The van der Waals surface area contributed by atoms with E-state index in [1.807, 2.05) is 59.0 Å². The summed E-state index contributed by atoms with van der Waals surface area (Å²) in [5, 5.41) is 9.84. The molecule has 0 spiro atoms. The van der Waals surface area contributed by atoms with Gasteiger partial charge in [-0.2, -0.15) is 0 Å². The Morgan fingerprint density at radius 3 is 2.21 bits per heavy atom. The molecule has 1 aromatic heterocycles. The van der Waals surface area contributed by atoms with Gasteiger partial charge in [-0.3, -0.25) is 14.4 Å². The fourth-order valence-corrected chi connectivity index (χ4v) is 6.31. The summed E-state index contributed by atoms with van der Waals surface area (Å²) < 4.78 is 17.3. The molecule has 230 valence electrons. The highest BCUT2D eigenvalue weighted by atomic mass is 19.1.